The van der Waals surface area contributed by atoms with E-state index >= 15 is 4.39 Å². The van der Waals surface area contributed by atoms with Crippen LogP contribution >= 0.6 is 0 Å². The van der Waals surface area contributed by atoms with Crippen LogP contribution in [-0.4, -0.2) is 0 Å². The molecule has 1 atom stereocenters. The summed E-state index contributed by atoms with van der Waals surface area (Å²) in [5, 5.41) is 0. The van der Waals surface area contributed by atoms with E-state index in [1.165, 1.54) is 12.1 Å². The topological polar surface area (TPSA) is 0 Å². The van der Waals surface area contributed by atoms with Crippen LogP contribution in [0.1, 0.15) is 65.5 Å². The Morgan fingerprint density at radius 1 is 0.844 bits per heavy atom. The Balaban J connectivity index is 1.56. The molecule has 0 amide bonds. The minimum atomic E-state index is -0.769. The van der Waals surface area contributed by atoms with Crippen LogP contribution in [-0.2, 0) is 19.3 Å². The van der Waals surface area contributed by atoms with E-state index in [-0.39, 0.29) is 23.1 Å². The number of aryl methyl sites for hydroxylation is 1. The molecule has 4 heteroatoms. The van der Waals surface area contributed by atoms with Gasteiger partial charge in [0.05, 0.1) is 5.56 Å². The molecule has 0 N–H and O–H groups in total. The van der Waals surface area contributed by atoms with E-state index in [0.29, 0.717) is 47.9 Å². The highest BCUT2D eigenvalue weighted by Crippen LogP contribution is 2.36. The first-order valence-corrected chi connectivity index (χ1v) is 11.0. The summed E-state index contributed by atoms with van der Waals surface area (Å²) >= 11 is 0. The second-order valence-corrected chi connectivity index (χ2v) is 8.31. The van der Waals surface area contributed by atoms with Crippen LogP contribution in [0.5, 0.6) is 0 Å². The van der Waals surface area contributed by atoms with Crippen molar-refractivity contribution in [2.75, 3.05) is 0 Å². The molecular formula is C28H24F4. The van der Waals surface area contributed by atoms with Gasteiger partial charge < -0.3 is 0 Å². The Kier molecular flexibility index (Phi) is 6.65. The molecule has 0 saturated heterocycles. The van der Waals surface area contributed by atoms with Crippen molar-refractivity contribution in [3.8, 4) is 11.8 Å². The van der Waals surface area contributed by atoms with Crippen molar-refractivity contribution >= 4 is 0 Å². The molecule has 0 heterocycles. The molecule has 164 valence electrons. The Hall–Kier alpha value is -3.06. The van der Waals surface area contributed by atoms with Gasteiger partial charge in [-0.1, -0.05) is 43.4 Å². The number of halogens is 4. The highest BCUT2D eigenvalue weighted by atomic mass is 19.2. The predicted molar refractivity (Wildman–Crippen MR) is 119 cm³/mol. The lowest BCUT2D eigenvalue weighted by Crippen LogP contribution is -2.17. The zero-order chi connectivity index (χ0) is 22.7. The first kappa shape index (κ1) is 22.1. The van der Waals surface area contributed by atoms with E-state index in [9.17, 15) is 13.2 Å². The normalized spacial score (nSPS) is 15.1. The summed E-state index contributed by atoms with van der Waals surface area (Å²) in [6.07, 6.45) is 3.71. The minimum absolute atomic E-state index is 0.187. The fourth-order valence-corrected chi connectivity index (χ4v) is 4.32. The monoisotopic (exact) mass is 436 g/mol. The predicted octanol–water partition coefficient (Wildman–Crippen LogP) is 7.26. The average Bonchev–Trinajstić information content (AvgIpc) is 2.80. The van der Waals surface area contributed by atoms with Crippen LogP contribution in [0.4, 0.5) is 17.6 Å². The Morgan fingerprint density at radius 2 is 1.62 bits per heavy atom. The third-order valence-corrected chi connectivity index (χ3v) is 6.17. The van der Waals surface area contributed by atoms with E-state index in [0.717, 1.165) is 18.4 Å². The summed E-state index contributed by atoms with van der Waals surface area (Å²) in [7, 11) is 0. The average molecular weight is 436 g/mol. The van der Waals surface area contributed by atoms with Gasteiger partial charge in [0.15, 0.2) is 11.6 Å². The number of benzene rings is 3. The van der Waals surface area contributed by atoms with Gasteiger partial charge in [-0.15, -0.1) is 0 Å². The van der Waals surface area contributed by atoms with Gasteiger partial charge in [-0.05, 0) is 90.6 Å². The van der Waals surface area contributed by atoms with Crippen molar-refractivity contribution in [1.82, 2.24) is 0 Å². The molecule has 0 nitrogen and oxygen atoms in total. The lowest BCUT2D eigenvalue weighted by Gasteiger charge is -2.26. The molecule has 0 spiro atoms. The standard InChI is InChI=1S/C28H24F4/c1-2-3-4-19-11-15-25(28(32)27(19)31)22-12-16-24-21(17-22)10-9-20(26(24)30)8-5-18-6-13-23(29)14-7-18/h6-7,9-11,13-15,22H,2-4,12,16-17H2,1H3. The quantitative estimate of drug-likeness (QED) is 0.298. The fraction of sp³-hybridized carbons (Fsp3) is 0.286. The summed E-state index contributed by atoms with van der Waals surface area (Å²) in [5.41, 5.74) is 3.06. The fourth-order valence-electron chi connectivity index (χ4n) is 4.32. The number of hydrogen-bond donors (Lipinski definition) is 0. The van der Waals surface area contributed by atoms with Crippen LogP contribution in [0.3, 0.4) is 0 Å². The molecule has 1 aliphatic rings. The summed E-state index contributed by atoms with van der Waals surface area (Å²) in [5.74, 6) is 3.26. The Morgan fingerprint density at radius 3 is 2.38 bits per heavy atom. The van der Waals surface area contributed by atoms with Gasteiger partial charge in [0, 0.05) is 5.56 Å². The molecule has 1 aliphatic carbocycles. The van der Waals surface area contributed by atoms with Gasteiger partial charge in [0.2, 0.25) is 0 Å². The Bertz CT molecular complexity index is 1180. The highest BCUT2D eigenvalue weighted by molar-refractivity contribution is 5.48. The van der Waals surface area contributed by atoms with Gasteiger partial charge in [-0.2, -0.15) is 0 Å². The molecule has 3 aromatic rings. The van der Waals surface area contributed by atoms with E-state index in [1.54, 1.807) is 30.3 Å². The van der Waals surface area contributed by atoms with Crippen molar-refractivity contribution in [2.45, 2.75) is 51.4 Å². The first-order chi connectivity index (χ1) is 15.5. The van der Waals surface area contributed by atoms with Gasteiger partial charge in [0.25, 0.3) is 0 Å². The second-order valence-electron chi connectivity index (χ2n) is 8.31. The molecule has 1 unspecified atom stereocenters. The highest BCUT2D eigenvalue weighted by Gasteiger charge is 2.27. The van der Waals surface area contributed by atoms with Crippen molar-refractivity contribution in [2.24, 2.45) is 0 Å². The minimum Gasteiger partial charge on any atom is -0.207 e. The van der Waals surface area contributed by atoms with E-state index in [4.69, 9.17) is 0 Å². The number of hydrogen-bond acceptors (Lipinski definition) is 0. The summed E-state index contributed by atoms with van der Waals surface area (Å²) in [6, 6.07) is 12.5. The largest absolute Gasteiger partial charge is 0.207 e. The molecule has 0 aromatic heterocycles. The Labute approximate surface area is 186 Å². The maximum Gasteiger partial charge on any atom is 0.162 e. The maximum absolute atomic E-state index is 15.1. The summed E-state index contributed by atoms with van der Waals surface area (Å²) in [6.45, 7) is 2.01. The van der Waals surface area contributed by atoms with Crippen molar-refractivity contribution < 1.29 is 17.6 Å². The zero-order valence-corrected chi connectivity index (χ0v) is 18.0. The van der Waals surface area contributed by atoms with Gasteiger partial charge in [0.1, 0.15) is 11.6 Å². The van der Waals surface area contributed by atoms with Crippen LogP contribution in [0.2, 0.25) is 0 Å². The summed E-state index contributed by atoms with van der Waals surface area (Å²) in [4.78, 5) is 0. The lowest BCUT2D eigenvalue weighted by molar-refractivity contribution is 0.463. The maximum atomic E-state index is 15.1. The third kappa shape index (κ3) is 4.58. The molecule has 3 aromatic carbocycles. The van der Waals surface area contributed by atoms with Crippen LogP contribution in [0.25, 0.3) is 0 Å². The van der Waals surface area contributed by atoms with E-state index < -0.39 is 11.6 Å². The molecular weight excluding hydrogens is 412 g/mol. The van der Waals surface area contributed by atoms with Crippen LogP contribution in [0.15, 0.2) is 48.5 Å². The molecule has 32 heavy (non-hydrogen) atoms. The SMILES string of the molecule is CCCCc1ccc(C2CCc3c(ccc(C#Cc4ccc(F)cc4)c3F)C2)c(F)c1F. The lowest BCUT2D eigenvalue weighted by atomic mass is 9.79. The molecule has 4 rings (SSSR count). The van der Waals surface area contributed by atoms with Crippen molar-refractivity contribution in [1.29, 1.82) is 0 Å². The third-order valence-electron chi connectivity index (χ3n) is 6.17. The molecule has 0 radical (unpaired) electrons. The van der Waals surface area contributed by atoms with Crippen LogP contribution < -0.4 is 0 Å². The van der Waals surface area contributed by atoms with Crippen molar-refractivity contribution in [3.63, 3.8) is 0 Å². The number of fused-ring (bicyclic) bond motifs is 1. The van der Waals surface area contributed by atoms with E-state index in [2.05, 4.69) is 11.8 Å². The van der Waals surface area contributed by atoms with Crippen molar-refractivity contribution in [3.05, 3.63) is 105 Å². The van der Waals surface area contributed by atoms with Gasteiger partial charge >= 0.3 is 0 Å². The molecule has 0 fully saturated rings. The van der Waals surface area contributed by atoms with Gasteiger partial charge in [-0.25, -0.2) is 17.6 Å². The number of unbranched alkanes of at least 4 members (excludes halogenated alkanes) is 1. The molecule has 0 aliphatic heterocycles. The summed E-state index contributed by atoms with van der Waals surface area (Å²) < 4.78 is 57.4. The molecule has 0 saturated carbocycles. The smallest absolute Gasteiger partial charge is 0.162 e. The zero-order valence-electron chi connectivity index (χ0n) is 18.0. The number of rotatable bonds is 4. The van der Waals surface area contributed by atoms with E-state index in [1.807, 2.05) is 13.0 Å². The van der Waals surface area contributed by atoms with Gasteiger partial charge in [-0.3, -0.25) is 0 Å². The molecule has 0 bridgehead atoms. The first-order valence-electron chi connectivity index (χ1n) is 11.0. The second kappa shape index (κ2) is 9.61. The van der Waals surface area contributed by atoms with Crippen LogP contribution in [0, 0.1) is 35.1 Å².